The average Bonchev–Trinajstić information content (AvgIpc) is 4.09. The van der Waals surface area contributed by atoms with Crippen LogP contribution in [0.15, 0.2) is 170 Å². The first kappa shape index (κ1) is 34.7. The van der Waals surface area contributed by atoms with Crippen LogP contribution in [0.4, 0.5) is 5.69 Å². The van der Waals surface area contributed by atoms with Crippen LogP contribution in [0.25, 0.3) is 122 Å². The summed E-state index contributed by atoms with van der Waals surface area (Å²) in [5.41, 5.74) is 9.16. The van der Waals surface area contributed by atoms with E-state index in [2.05, 4.69) is 115 Å². The normalized spacial score (nSPS) is 11.8. The summed E-state index contributed by atoms with van der Waals surface area (Å²) >= 11 is 3.58. The molecule has 7 aromatic carbocycles. The van der Waals surface area contributed by atoms with Crippen molar-refractivity contribution in [2.45, 2.75) is 0 Å². The lowest BCUT2D eigenvalue weighted by atomic mass is 9.88. The molecule has 0 saturated carbocycles. The minimum Gasteiger partial charge on any atom is -0.316 e. The van der Waals surface area contributed by atoms with E-state index in [4.69, 9.17) is 0 Å². The Kier molecular flexibility index (Phi) is 7.38. The molecule has 0 N–H and O–H groups in total. The molecule has 0 unspecified atom stereocenters. The molecule has 0 fully saturated rings. The lowest BCUT2D eigenvalue weighted by Crippen LogP contribution is -2.09. The van der Waals surface area contributed by atoms with Gasteiger partial charge in [-0.1, -0.05) is 121 Å². The van der Waals surface area contributed by atoms with Gasteiger partial charge in [-0.15, -0.1) is 22.7 Å². The quantitative estimate of drug-likeness (QED) is 0.166. The van der Waals surface area contributed by atoms with Crippen LogP contribution in [0.1, 0.15) is 5.56 Å². The predicted octanol–water partition coefficient (Wildman–Crippen LogP) is 15.2. The van der Waals surface area contributed by atoms with Gasteiger partial charge in [-0.3, -0.25) is 9.97 Å². The molecule has 0 radical (unpaired) electrons. The number of benzene rings is 7. The number of thiophene rings is 2. The molecule has 62 heavy (non-hydrogen) atoms. The summed E-state index contributed by atoms with van der Waals surface area (Å²) in [7, 11) is 0. The molecule has 13 rings (SSSR count). The first-order chi connectivity index (χ1) is 30.7. The highest BCUT2D eigenvalue weighted by Gasteiger charge is 2.33. The Morgan fingerprint density at radius 1 is 0.484 bits per heavy atom. The van der Waals surface area contributed by atoms with Crippen molar-refractivity contribution in [2.24, 2.45) is 0 Å². The zero-order valence-electron chi connectivity index (χ0n) is 32.7. The third kappa shape index (κ3) is 4.65. The van der Waals surface area contributed by atoms with Gasteiger partial charge in [-0.25, -0.2) is 4.85 Å². The molecule has 6 heterocycles. The number of hydrogen-bond donors (Lipinski definition) is 0. The minimum absolute atomic E-state index is 0.412. The summed E-state index contributed by atoms with van der Waals surface area (Å²) in [6.45, 7) is 9.32. The molecular formula is C54H28N6S2. The van der Waals surface area contributed by atoms with Crippen molar-refractivity contribution < 1.29 is 0 Å². The van der Waals surface area contributed by atoms with Crippen molar-refractivity contribution in [1.29, 1.82) is 5.26 Å². The van der Waals surface area contributed by atoms with Gasteiger partial charge in [-0.2, -0.15) is 5.26 Å². The standard InChI is InChI=1S/C54H28N6S2/c1-56-48-46(31-12-4-2-5-13-31)39(28-55)49(59-42-24-26-57-29-40(42)41-30-58-27-25-43(41)59)47(32-14-6-3-7-15-32)52(48)60-50-35(20-22-37-33-16-8-10-18-44(33)61-53(37)50)36-21-23-38-34-17-9-11-19-45(34)62-54(38)51(36)60/h2-27,29-30H. The van der Waals surface area contributed by atoms with Gasteiger partial charge >= 0.3 is 0 Å². The zero-order valence-corrected chi connectivity index (χ0v) is 34.3. The van der Waals surface area contributed by atoms with E-state index in [-0.39, 0.29) is 0 Å². The van der Waals surface area contributed by atoms with Gasteiger partial charge in [0, 0.05) is 88.4 Å². The highest BCUT2D eigenvalue weighted by atomic mass is 32.1. The maximum atomic E-state index is 11.7. The number of rotatable bonds is 4. The molecule has 0 aliphatic heterocycles. The Balaban J connectivity index is 1.37. The SMILES string of the molecule is [C-]#[N+]c1c(-c2ccccc2)c(C#N)c(-n2c3ccncc3c3cnccc32)c(-c2ccccc2)c1-n1c2c(ccc3c4ccccc4sc32)c2ccc3c4ccccc4sc3c21. The third-order valence-electron chi connectivity index (χ3n) is 12.4. The molecule has 8 heteroatoms. The van der Waals surface area contributed by atoms with Crippen LogP contribution in [-0.4, -0.2) is 19.1 Å². The molecule has 0 saturated heterocycles. The second-order valence-electron chi connectivity index (χ2n) is 15.5. The Hall–Kier alpha value is -8.14. The fourth-order valence-electron chi connectivity index (χ4n) is 9.85. The fourth-order valence-corrected chi connectivity index (χ4v) is 12.3. The van der Waals surface area contributed by atoms with Crippen molar-refractivity contribution in [3.63, 3.8) is 0 Å². The molecule has 0 atom stereocenters. The minimum atomic E-state index is 0.412. The summed E-state index contributed by atoms with van der Waals surface area (Å²) in [5, 5.41) is 20.5. The Bertz CT molecular complexity index is 3940. The summed E-state index contributed by atoms with van der Waals surface area (Å²) in [6, 6.07) is 53.3. The molecule has 0 aliphatic rings. The highest BCUT2D eigenvalue weighted by Crippen LogP contribution is 2.54. The number of pyridine rings is 2. The predicted molar refractivity (Wildman–Crippen MR) is 258 cm³/mol. The molecule has 0 bridgehead atoms. The Labute approximate surface area is 361 Å². The van der Waals surface area contributed by atoms with Crippen LogP contribution < -0.4 is 0 Å². The number of nitriles is 1. The van der Waals surface area contributed by atoms with Crippen LogP contribution in [0, 0.1) is 17.9 Å². The van der Waals surface area contributed by atoms with Crippen LogP contribution >= 0.6 is 22.7 Å². The molecular weight excluding hydrogens is 797 g/mol. The summed E-state index contributed by atoms with van der Waals surface area (Å²) < 4.78 is 9.30. The van der Waals surface area contributed by atoms with Gasteiger partial charge in [0.1, 0.15) is 6.07 Å². The number of nitrogens with zero attached hydrogens (tertiary/aromatic N) is 6. The van der Waals surface area contributed by atoms with Crippen molar-refractivity contribution >= 4 is 112 Å². The molecule has 13 aromatic rings. The first-order valence-corrected chi connectivity index (χ1v) is 21.9. The summed E-state index contributed by atoms with van der Waals surface area (Å²) in [5.74, 6) is 0. The molecule has 6 aromatic heterocycles. The molecule has 286 valence electrons. The number of fused-ring (bicyclic) bond motifs is 14. The van der Waals surface area contributed by atoms with Gasteiger partial charge in [-0.05, 0) is 35.4 Å². The van der Waals surface area contributed by atoms with Gasteiger partial charge < -0.3 is 9.13 Å². The van der Waals surface area contributed by atoms with E-state index in [1.54, 1.807) is 35.1 Å². The van der Waals surface area contributed by atoms with Gasteiger partial charge in [0.25, 0.3) is 0 Å². The van der Waals surface area contributed by atoms with Gasteiger partial charge in [0.15, 0.2) is 0 Å². The average molecular weight is 825 g/mol. The van der Waals surface area contributed by atoms with Gasteiger partial charge in [0.05, 0.1) is 55.0 Å². The van der Waals surface area contributed by atoms with Crippen LogP contribution in [-0.2, 0) is 0 Å². The van der Waals surface area contributed by atoms with E-state index >= 15 is 0 Å². The molecule has 0 amide bonds. The molecule has 0 spiro atoms. The molecule has 0 aliphatic carbocycles. The monoisotopic (exact) mass is 824 g/mol. The van der Waals surface area contributed by atoms with E-state index in [0.29, 0.717) is 22.5 Å². The van der Waals surface area contributed by atoms with E-state index in [1.807, 2.05) is 73.1 Å². The third-order valence-corrected chi connectivity index (χ3v) is 14.8. The van der Waals surface area contributed by atoms with Crippen LogP contribution in [0.5, 0.6) is 0 Å². The largest absolute Gasteiger partial charge is 0.316 e. The van der Waals surface area contributed by atoms with E-state index < -0.39 is 0 Å². The highest BCUT2D eigenvalue weighted by molar-refractivity contribution is 7.27. The maximum absolute atomic E-state index is 11.7. The second-order valence-corrected chi connectivity index (χ2v) is 17.6. The Morgan fingerprint density at radius 2 is 0.968 bits per heavy atom. The first-order valence-electron chi connectivity index (χ1n) is 20.2. The maximum Gasteiger partial charge on any atom is 0.220 e. The topological polar surface area (TPSA) is 63.8 Å². The van der Waals surface area contributed by atoms with Crippen LogP contribution in [0.3, 0.4) is 0 Å². The van der Waals surface area contributed by atoms with Crippen molar-refractivity contribution in [3.8, 4) is 39.7 Å². The lowest BCUT2D eigenvalue weighted by molar-refractivity contribution is 1.13. The van der Waals surface area contributed by atoms with Crippen molar-refractivity contribution in [2.75, 3.05) is 0 Å². The second kappa shape index (κ2) is 13.2. The fraction of sp³-hybridized carbons (Fsp3) is 0. The van der Waals surface area contributed by atoms with Gasteiger partial charge in [0.2, 0.25) is 5.69 Å². The van der Waals surface area contributed by atoms with Crippen LogP contribution in [0.2, 0.25) is 0 Å². The van der Waals surface area contributed by atoms with Crippen molar-refractivity contribution in [1.82, 2.24) is 19.1 Å². The zero-order chi connectivity index (χ0) is 41.1. The van der Waals surface area contributed by atoms with Crippen molar-refractivity contribution in [3.05, 3.63) is 187 Å². The van der Waals surface area contributed by atoms with E-state index in [1.165, 1.54) is 30.9 Å². The molecule has 6 nitrogen and oxygen atoms in total. The Morgan fingerprint density at radius 3 is 1.48 bits per heavy atom. The number of hydrogen-bond acceptors (Lipinski definition) is 5. The smallest absolute Gasteiger partial charge is 0.220 e. The summed E-state index contributed by atoms with van der Waals surface area (Å²) in [4.78, 5) is 13.7. The van der Waals surface area contributed by atoms with E-state index in [9.17, 15) is 11.8 Å². The number of aromatic nitrogens is 4. The van der Waals surface area contributed by atoms with E-state index in [0.717, 1.165) is 75.4 Å². The lowest BCUT2D eigenvalue weighted by Gasteiger charge is -2.26. The summed E-state index contributed by atoms with van der Waals surface area (Å²) in [6.07, 6.45) is 7.35.